The van der Waals surface area contributed by atoms with Gasteiger partial charge in [0.2, 0.25) is 16.8 Å². The second-order valence-corrected chi connectivity index (χ2v) is 9.93. The Bertz CT molecular complexity index is 979. The number of benzene rings is 2. The maximum atomic E-state index is 12.4. The molecule has 6 nitrogen and oxygen atoms in total. The van der Waals surface area contributed by atoms with E-state index < -0.39 is 10.0 Å². The van der Waals surface area contributed by atoms with E-state index in [1.165, 1.54) is 11.8 Å². The van der Waals surface area contributed by atoms with Crippen LogP contribution in [0.1, 0.15) is 17.2 Å². The monoisotopic (exact) mass is 400 g/mol. The van der Waals surface area contributed by atoms with Gasteiger partial charge in [-0.3, -0.25) is 4.90 Å². The predicted molar refractivity (Wildman–Crippen MR) is 106 cm³/mol. The molecular weight excluding hydrogens is 376 g/mol. The van der Waals surface area contributed by atoms with Gasteiger partial charge in [0.25, 0.3) is 0 Å². The summed E-state index contributed by atoms with van der Waals surface area (Å²) >= 11 is 0. The van der Waals surface area contributed by atoms with Gasteiger partial charge in [0, 0.05) is 26.2 Å². The molecule has 0 aliphatic carbocycles. The zero-order valence-corrected chi connectivity index (χ0v) is 16.6. The standard InChI is InChI=1S/C21H24N2O4S/c1-28(24,25)23-12-17-11-22(10-15-7-8-19-20(9-15)27-14-26-19)13-18(17)21(23)16-5-3-2-4-6-16/h2-9,17-18,21H,10-14H2,1H3/t17-,18-,21+/m1/s1. The molecule has 2 fully saturated rings. The molecule has 0 spiro atoms. The Labute approximate surface area is 165 Å². The van der Waals surface area contributed by atoms with Crippen molar-refractivity contribution in [2.75, 3.05) is 32.7 Å². The van der Waals surface area contributed by atoms with E-state index in [9.17, 15) is 8.42 Å². The summed E-state index contributed by atoms with van der Waals surface area (Å²) in [6.07, 6.45) is 1.33. The van der Waals surface area contributed by atoms with Gasteiger partial charge in [-0.1, -0.05) is 36.4 Å². The molecule has 3 atom stereocenters. The number of likely N-dealkylation sites (tertiary alicyclic amines) is 1. The summed E-state index contributed by atoms with van der Waals surface area (Å²) in [5.41, 5.74) is 2.28. The number of hydrogen-bond donors (Lipinski definition) is 0. The van der Waals surface area contributed by atoms with Crippen LogP contribution >= 0.6 is 0 Å². The van der Waals surface area contributed by atoms with E-state index in [2.05, 4.69) is 11.0 Å². The third-order valence-electron chi connectivity index (χ3n) is 6.11. The Morgan fingerprint density at radius 2 is 1.79 bits per heavy atom. The van der Waals surface area contributed by atoms with Gasteiger partial charge >= 0.3 is 0 Å². The van der Waals surface area contributed by atoms with Crippen LogP contribution in [0.3, 0.4) is 0 Å². The van der Waals surface area contributed by atoms with Crippen LogP contribution in [-0.4, -0.2) is 50.3 Å². The molecule has 0 N–H and O–H groups in total. The van der Waals surface area contributed by atoms with Gasteiger partial charge in [0.1, 0.15) is 0 Å². The average molecular weight is 401 g/mol. The number of fused-ring (bicyclic) bond motifs is 2. The van der Waals surface area contributed by atoms with Crippen molar-refractivity contribution in [2.24, 2.45) is 11.8 Å². The van der Waals surface area contributed by atoms with Crippen LogP contribution in [0.2, 0.25) is 0 Å². The van der Waals surface area contributed by atoms with Crippen molar-refractivity contribution in [2.45, 2.75) is 12.6 Å². The highest BCUT2D eigenvalue weighted by Crippen LogP contribution is 2.46. The lowest BCUT2D eigenvalue weighted by Gasteiger charge is -2.28. The van der Waals surface area contributed by atoms with Gasteiger partial charge < -0.3 is 9.47 Å². The molecule has 148 valence electrons. The molecule has 2 saturated heterocycles. The molecule has 5 rings (SSSR count). The second kappa shape index (κ2) is 6.76. The number of hydrogen-bond acceptors (Lipinski definition) is 5. The fraction of sp³-hybridized carbons (Fsp3) is 0.429. The Kier molecular flexibility index (Phi) is 4.34. The van der Waals surface area contributed by atoms with Crippen molar-refractivity contribution in [1.29, 1.82) is 0 Å². The average Bonchev–Trinajstić information content (AvgIpc) is 3.35. The molecule has 2 aromatic carbocycles. The van der Waals surface area contributed by atoms with E-state index in [0.29, 0.717) is 18.4 Å². The first kappa shape index (κ1) is 18.0. The maximum absolute atomic E-state index is 12.4. The van der Waals surface area contributed by atoms with Crippen LogP contribution in [0.25, 0.3) is 0 Å². The van der Waals surface area contributed by atoms with Crippen molar-refractivity contribution >= 4 is 10.0 Å². The van der Waals surface area contributed by atoms with Crippen LogP contribution in [-0.2, 0) is 16.6 Å². The molecule has 0 unspecified atom stereocenters. The summed E-state index contributed by atoms with van der Waals surface area (Å²) in [6, 6.07) is 16.1. The van der Waals surface area contributed by atoms with E-state index in [1.54, 1.807) is 4.31 Å². The van der Waals surface area contributed by atoms with Crippen LogP contribution in [0.15, 0.2) is 48.5 Å². The van der Waals surface area contributed by atoms with Crippen molar-refractivity contribution < 1.29 is 17.9 Å². The summed E-state index contributed by atoms with van der Waals surface area (Å²) in [5, 5.41) is 0. The third kappa shape index (κ3) is 3.17. The van der Waals surface area contributed by atoms with Crippen molar-refractivity contribution in [3.05, 3.63) is 59.7 Å². The number of rotatable bonds is 4. The molecule has 3 heterocycles. The van der Waals surface area contributed by atoms with Gasteiger partial charge in [0.05, 0.1) is 12.3 Å². The Balaban J connectivity index is 1.37. The molecule has 0 bridgehead atoms. The van der Waals surface area contributed by atoms with E-state index in [4.69, 9.17) is 9.47 Å². The highest BCUT2D eigenvalue weighted by Gasteiger charge is 2.50. The molecule has 0 aromatic heterocycles. The molecule has 0 radical (unpaired) electrons. The molecule has 0 saturated carbocycles. The summed E-state index contributed by atoms with van der Waals surface area (Å²) < 4.78 is 37.4. The summed E-state index contributed by atoms with van der Waals surface area (Å²) in [6.45, 7) is 3.52. The summed E-state index contributed by atoms with van der Waals surface area (Å²) in [7, 11) is -3.24. The van der Waals surface area contributed by atoms with Crippen molar-refractivity contribution in [3.8, 4) is 11.5 Å². The van der Waals surface area contributed by atoms with E-state index in [0.717, 1.165) is 36.7 Å². The SMILES string of the molecule is CS(=O)(=O)N1C[C@H]2CN(Cc3ccc4c(c3)OCO4)C[C@H]2[C@@H]1c1ccccc1. The second-order valence-electron chi connectivity index (χ2n) is 7.99. The number of ether oxygens (including phenoxy) is 2. The van der Waals surface area contributed by atoms with E-state index in [-0.39, 0.29) is 12.8 Å². The fourth-order valence-electron chi connectivity index (χ4n) is 4.93. The molecule has 3 aliphatic heterocycles. The minimum atomic E-state index is -3.24. The minimum absolute atomic E-state index is 0.0806. The zero-order chi connectivity index (χ0) is 19.3. The van der Waals surface area contributed by atoms with Gasteiger partial charge in [-0.2, -0.15) is 4.31 Å². The molecule has 0 amide bonds. The highest BCUT2D eigenvalue weighted by molar-refractivity contribution is 7.88. The van der Waals surface area contributed by atoms with Gasteiger partial charge in [-0.25, -0.2) is 8.42 Å². The number of nitrogens with zero attached hydrogens (tertiary/aromatic N) is 2. The molecule has 7 heteroatoms. The molecular formula is C21H24N2O4S. The quantitative estimate of drug-likeness (QED) is 0.789. The van der Waals surface area contributed by atoms with E-state index >= 15 is 0 Å². The predicted octanol–water partition coefficient (Wildman–Crippen LogP) is 2.48. The lowest BCUT2D eigenvalue weighted by atomic mass is 9.90. The van der Waals surface area contributed by atoms with E-state index in [1.807, 2.05) is 42.5 Å². The zero-order valence-electron chi connectivity index (χ0n) is 15.8. The first-order valence-corrected chi connectivity index (χ1v) is 11.5. The van der Waals surface area contributed by atoms with Crippen molar-refractivity contribution in [3.63, 3.8) is 0 Å². The smallest absolute Gasteiger partial charge is 0.231 e. The fourth-order valence-corrected chi connectivity index (χ4v) is 6.08. The van der Waals surface area contributed by atoms with Gasteiger partial charge in [-0.05, 0) is 35.1 Å². The van der Waals surface area contributed by atoms with Gasteiger partial charge in [0.15, 0.2) is 11.5 Å². The lowest BCUT2D eigenvalue weighted by Crippen LogP contribution is -2.34. The molecule has 3 aliphatic rings. The minimum Gasteiger partial charge on any atom is -0.454 e. The lowest BCUT2D eigenvalue weighted by molar-refractivity contribution is 0.174. The molecule has 2 aromatic rings. The maximum Gasteiger partial charge on any atom is 0.231 e. The Hall–Kier alpha value is -2.09. The Morgan fingerprint density at radius 1 is 1.00 bits per heavy atom. The number of sulfonamides is 1. The largest absolute Gasteiger partial charge is 0.454 e. The summed E-state index contributed by atoms with van der Waals surface area (Å²) in [4.78, 5) is 2.43. The third-order valence-corrected chi connectivity index (χ3v) is 7.34. The Morgan fingerprint density at radius 3 is 2.57 bits per heavy atom. The van der Waals surface area contributed by atoms with Crippen LogP contribution in [0, 0.1) is 11.8 Å². The summed E-state index contributed by atoms with van der Waals surface area (Å²) in [5.74, 6) is 2.28. The molecule has 28 heavy (non-hydrogen) atoms. The highest BCUT2D eigenvalue weighted by atomic mass is 32.2. The first-order valence-electron chi connectivity index (χ1n) is 9.62. The normalized spacial score (nSPS) is 27.2. The van der Waals surface area contributed by atoms with Crippen LogP contribution in [0.5, 0.6) is 11.5 Å². The van der Waals surface area contributed by atoms with Gasteiger partial charge in [-0.15, -0.1) is 0 Å². The van der Waals surface area contributed by atoms with Crippen molar-refractivity contribution in [1.82, 2.24) is 9.21 Å². The van der Waals surface area contributed by atoms with Crippen LogP contribution < -0.4 is 9.47 Å². The van der Waals surface area contributed by atoms with Crippen LogP contribution in [0.4, 0.5) is 0 Å². The first-order chi connectivity index (χ1) is 13.5. The topological polar surface area (TPSA) is 59.1 Å².